The van der Waals surface area contributed by atoms with Gasteiger partial charge in [-0.1, -0.05) is 0 Å². The van der Waals surface area contributed by atoms with Crippen molar-refractivity contribution in [3.05, 3.63) is 18.1 Å². The monoisotopic (exact) mass is 317 g/mol. The zero-order valence-electron chi connectivity index (χ0n) is 14.1. The highest BCUT2D eigenvalue weighted by atomic mass is 16.2. The maximum absolute atomic E-state index is 12.1. The van der Waals surface area contributed by atoms with E-state index in [4.69, 9.17) is 0 Å². The number of amides is 2. The summed E-state index contributed by atoms with van der Waals surface area (Å²) in [6, 6.07) is 2.37. The quantitative estimate of drug-likeness (QED) is 0.827. The van der Waals surface area contributed by atoms with Gasteiger partial charge >= 0.3 is 6.03 Å². The smallest absolute Gasteiger partial charge is 0.319 e. The Morgan fingerprint density at radius 1 is 1.26 bits per heavy atom. The maximum Gasteiger partial charge on any atom is 0.319 e. The molecule has 23 heavy (non-hydrogen) atoms. The van der Waals surface area contributed by atoms with Gasteiger partial charge in [-0.2, -0.15) is 14.6 Å². The van der Waals surface area contributed by atoms with Crippen LogP contribution in [0.15, 0.2) is 12.4 Å². The van der Waals surface area contributed by atoms with E-state index in [0.717, 1.165) is 37.4 Å². The highest BCUT2D eigenvalue weighted by molar-refractivity contribution is 5.73. The lowest BCUT2D eigenvalue weighted by molar-refractivity contribution is 0.155. The first kappa shape index (κ1) is 15.5. The summed E-state index contributed by atoms with van der Waals surface area (Å²) in [6.45, 7) is 3.73. The SMILES string of the molecule is Cc1cc(N2CCC(N(C)C(=O)N(C)C)CC2)n2ncnc2n1. The van der Waals surface area contributed by atoms with Gasteiger partial charge in [0, 0.05) is 52.0 Å². The standard InChI is InChI=1S/C15H23N7O/c1-11-9-13(22-14(18-11)16-10-17-22)21-7-5-12(6-8-21)20(4)15(23)19(2)3/h9-10,12H,5-8H2,1-4H3. The second-order valence-corrected chi connectivity index (χ2v) is 6.23. The van der Waals surface area contributed by atoms with Gasteiger partial charge in [0.15, 0.2) is 0 Å². The van der Waals surface area contributed by atoms with Crippen LogP contribution in [0.4, 0.5) is 10.6 Å². The average molecular weight is 317 g/mol. The predicted octanol–water partition coefficient (Wildman–Crippen LogP) is 1.01. The van der Waals surface area contributed by atoms with Crippen molar-refractivity contribution in [2.24, 2.45) is 0 Å². The summed E-state index contributed by atoms with van der Waals surface area (Å²) in [5.74, 6) is 1.65. The summed E-state index contributed by atoms with van der Waals surface area (Å²) in [7, 11) is 5.46. The molecule has 0 aliphatic carbocycles. The average Bonchev–Trinajstić information content (AvgIpc) is 3.01. The Hall–Kier alpha value is -2.38. The summed E-state index contributed by atoms with van der Waals surface area (Å²) < 4.78 is 1.78. The fourth-order valence-electron chi connectivity index (χ4n) is 3.09. The minimum Gasteiger partial charge on any atom is -0.356 e. The molecule has 0 saturated carbocycles. The molecule has 2 aromatic rings. The first-order valence-electron chi connectivity index (χ1n) is 7.84. The fourth-order valence-corrected chi connectivity index (χ4v) is 3.09. The molecule has 0 bridgehead atoms. The van der Waals surface area contributed by atoms with Crippen molar-refractivity contribution < 1.29 is 4.79 Å². The van der Waals surface area contributed by atoms with Crippen molar-refractivity contribution in [2.75, 3.05) is 39.1 Å². The molecule has 2 aromatic heterocycles. The Morgan fingerprint density at radius 3 is 2.61 bits per heavy atom. The number of urea groups is 1. The molecular formula is C15H23N7O. The Balaban J connectivity index is 1.73. The first-order valence-corrected chi connectivity index (χ1v) is 7.84. The number of aryl methyl sites for hydroxylation is 1. The fraction of sp³-hybridized carbons (Fsp3) is 0.600. The van der Waals surface area contributed by atoms with E-state index in [-0.39, 0.29) is 12.1 Å². The van der Waals surface area contributed by atoms with E-state index < -0.39 is 0 Å². The van der Waals surface area contributed by atoms with Gasteiger partial charge in [-0.25, -0.2) is 9.78 Å². The third kappa shape index (κ3) is 2.93. The number of rotatable bonds is 2. The molecule has 1 fully saturated rings. The van der Waals surface area contributed by atoms with E-state index in [1.54, 1.807) is 23.5 Å². The lowest BCUT2D eigenvalue weighted by Gasteiger charge is -2.38. The van der Waals surface area contributed by atoms with Gasteiger partial charge in [-0.05, 0) is 19.8 Å². The molecule has 0 radical (unpaired) electrons. The van der Waals surface area contributed by atoms with Gasteiger partial charge in [0.1, 0.15) is 12.1 Å². The normalized spacial score (nSPS) is 15.9. The van der Waals surface area contributed by atoms with Crippen molar-refractivity contribution in [2.45, 2.75) is 25.8 Å². The van der Waals surface area contributed by atoms with Crippen LogP contribution in [0.2, 0.25) is 0 Å². The molecule has 1 aliphatic heterocycles. The van der Waals surface area contributed by atoms with Gasteiger partial charge in [-0.15, -0.1) is 0 Å². The van der Waals surface area contributed by atoms with E-state index in [0.29, 0.717) is 5.78 Å². The third-order valence-corrected chi connectivity index (χ3v) is 4.38. The number of hydrogen-bond donors (Lipinski definition) is 0. The van der Waals surface area contributed by atoms with Crippen molar-refractivity contribution in [1.82, 2.24) is 29.4 Å². The lowest BCUT2D eigenvalue weighted by atomic mass is 10.0. The van der Waals surface area contributed by atoms with E-state index in [1.165, 1.54) is 6.33 Å². The van der Waals surface area contributed by atoms with Crippen LogP contribution in [0.25, 0.3) is 5.78 Å². The number of aromatic nitrogens is 4. The molecule has 3 rings (SSSR count). The third-order valence-electron chi connectivity index (χ3n) is 4.38. The highest BCUT2D eigenvalue weighted by Gasteiger charge is 2.27. The number of carbonyl (C=O) groups is 1. The Kier molecular flexibility index (Phi) is 4.06. The molecule has 8 nitrogen and oxygen atoms in total. The predicted molar refractivity (Wildman–Crippen MR) is 87.6 cm³/mol. The summed E-state index contributed by atoms with van der Waals surface area (Å²) >= 11 is 0. The molecule has 2 amide bonds. The summed E-state index contributed by atoms with van der Waals surface area (Å²) in [5.41, 5.74) is 0.933. The number of hydrogen-bond acceptors (Lipinski definition) is 5. The molecule has 1 aliphatic rings. The lowest BCUT2D eigenvalue weighted by Crippen LogP contribution is -2.48. The van der Waals surface area contributed by atoms with Gasteiger partial charge in [0.05, 0.1) is 0 Å². The second kappa shape index (κ2) is 6.02. The van der Waals surface area contributed by atoms with Gasteiger partial charge in [0.25, 0.3) is 5.78 Å². The second-order valence-electron chi connectivity index (χ2n) is 6.23. The van der Waals surface area contributed by atoms with Crippen LogP contribution in [0.1, 0.15) is 18.5 Å². The molecular weight excluding hydrogens is 294 g/mol. The zero-order chi connectivity index (χ0) is 16.6. The molecule has 0 unspecified atom stereocenters. The molecule has 3 heterocycles. The molecule has 124 valence electrons. The maximum atomic E-state index is 12.1. The van der Waals surface area contributed by atoms with Crippen molar-refractivity contribution >= 4 is 17.6 Å². The minimum absolute atomic E-state index is 0.0573. The van der Waals surface area contributed by atoms with Crippen LogP contribution < -0.4 is 4.90 Å². The molecule has 1 saturated heterocycles. The first-order chi connectivity index (χ1) is 11.0. The number of piperidine rings is 1. The number of carbonyl (C=O) groups excluding carboxylic acids is 1. The minimum atomic E-state index is 0.0573. The topological polar surface area (TPSA) is 69.9 Å². The zero-order valence-corrected chi connectivity index (χ0v) is 14.1. The number of fused-ring (bicyclic) bond motifs is 1. The van der Waals surface area contributed by atoms with Crippen molar-refractivity contribution in [3.8, 4) is 0 Å². The Bertz CT molecular complexity index is 703. The van der Waals surface area contributed by atoms with Gasteiger partial charge in [-0.3, -0.25) is 0 Å². The van der Waals surface area contributed by atoms with Crippen LogP contribution in [0.5, 0.6) is 0 Å². The number of nitrogens with zero attached hydrogens (tertiary/aromatic N) is 7. The van der Waals surface area contributed by atoms with Crippen molar-refractivity contribution in [3.63, 3.8) is 0 Å². The highest BCUT2D eigenvalue weighted by Crippen LogP contribution is 2.23. The van der Waals surface area contributed by atoms with Crippen LogP contribution in [-0.4, -0.2) is 75.7 Å². The van der Waals surface area contributed by atoms with Crippen LogP contribution in [-0.2, 0) is 0 Å². The van der Waals surface area contributed by atoms with Crippen LogP contribution >= 0.6 is 0 Å². The summed E-state index contributed by atoms with van der Waals surface area (Å²) in [5, 5.41) is 4.27. The molecule has 0 aromatic carbocycles. The van der Waals surface area contributed by atoms with Crippen LogP contribution in [0.3, 0.4) is 0 Å². The molecule has 0 N–H and O–H groups in total. The molecule has 0 spiro atoms. The van der Waals surface area contributed by atoms with E-state index in [9.17, 15) is 4.79 Å². The largest absolute Gasteiger partial charge is 0.356 e. The number of anilines is 1. The molecule has 0 atom stereocenters. The van der Waals surface area contributed by atoms with Crippen LogP contribution in [0, 0.1) is 6.92 Å². The van der Waals surface area contributed by atoms with Crippen molar-refractivity contribution in [1.29, 1.82) is 0 Å². The van der Waals surface area contributed by atoms with E-state index in [2.05, 4.69) is 20.0 Å². The van der Waals surface area contributed by atoms with E-state index >= 15 is 0 Å². The Morgan fingerprint density at radius 2 is 1.96 bits per heavy atom. The molecule has 8 heteroatoms. The Labute approximate surface area is 135 Å². The van der Waals surface area contributed by atoms with E-state index in [1.807, 2.05) is 24.9 Å². The summed E-state index contributed by atoms with van der Waals surface area (Å²) in [4.78, 5) is 26.4. The van der Waals surface area contributed by atoms with Gasteiger partial charge < -0.3 is 14.7 Å². The summed E-state index contributed by atoms with van der Waals surface area (Å²) in [6.07, 6.45) is 3.41. The van der Waals surface area contributed by atoms with Gasteiger partial charge in [0.2, 0.25) is 0 Å².